The highest BCUT2D eigenvalue weighted by Crippen LogP contribution is 2.16. The maximum atomic E-state index is 12.5. The van der Waals surface area contributed by atoms with Gasteiger partial charge in [0.2, 0.25) is 5.54 Å². The molecule has 0 aliphatic heterocycles. The molecule has 0 aromatic heterocycles. The van der Waals surface area contributed by atoms with Crippen molar-refractivity contribution in [3.8, 4) is 0 Å². The van der Waals surface area contributed by atoms with Crippen LogP contribution in [0.4, 0.5) is 0 Å². The Morgan fingerprint density at radius 1 is 0.875 bits per heavy atom. The van der Waals surface area contributed by atoms with Crippen molar-refractivity contribution in [3.05, 3.63) is 71.8 Å². The van der Waals surface area contributed by atoms with Gasteiger partial charge in [0.05, 0.1) is 6.61 Å². The molecule has 0 radical (unpaired) electrons. The molecule has 5 nitrogen and oxygen atoms in total. The summed E-state index contributed by atoms with van der Waals surface area (Å²) < 4.78 is 10.3. The van der Waals surface area contributed by atoms with E-state index in [2.05, 4.69) is 0 Å². The highest BCUT2D eigenvalue weighted by Gasteiger charge is 2.45. The molecule has 0 amide bonds. The van der Waals surface area contributed by atoms with Gasteiger partial charge in [0, 0.05) is 6.42 Å². The second-order valence-corrected chi connectivity index (χ2v) is 5.42. The van der Waals surface area contributed by atoms with Crippen LogP contribution >= 0.6 is 0 Å². The summed E-state index contributed by atoms with van der Waals surface area (Å²) in [4.78, 5) is 24.8. The largest absolute Gasteiger partial charge is 0.464 e. The summed E-state index contributed by atoms with van der Waals surface area (Å²) in [6.45, 7) is 1.85. The number of rotatable bonds is 7. The highest BCUT2D eigenvalue weighted by atomic mass is 16.6. The fraction of sp³-hybridized carbons (Fsp3) is 0.263. The molecular weight excluding hydrogens is 306 g/mol. The van der Waals surface area contributed by atoms with Crippen LogP contribution in [0.2, 0.25) is 0 Å². The maximum absolute atomic E-state index is 12.5. The Hall–Kier alpha value is -2.66. The van der Waals surface area contributed by atoms with Gasteiger partial charge in [-0.05, 0) is 18.1 Å². The molecule has 126 valence electrons. The number of nitrogens with two attached hydrogens (primary N) is 1. The van der Waals surface area contributed by atoms with E-state index < -0.39 is 17.5 Å². The predicted molar refractivity (Wildman–Crippen MR) is 89.9 cm³/mol. The molecule has 0 aliphatic rings. The van der Waals surface area contributed by atoms with Crippen LogP contribution in [0.25, 0.3) is 0 Å². The molecule has 0 heterocycles. The van der Waals surface area contributed by atoms with Crippen LogP contribution in [0.1, 0.15) is 18.1 Å². The molecule has 2 rings (SSSR count). The van der Waals surface area contributed by atoms with E-state index in [1.807, 2.05) is 48.5 Å². The van der Waals surface area contributed by atoms with Gasteiger partial charge in [-0.25, -0.2) is 9.59 Å². The number of hydrogen-bond donors (Lipinski definition) is 1. The summed E-state index contributed by atoms with van der Waals surface area (Å²) in [5.74, 6) is -1.58. The first-order chi connectivity index (χ1) is 11.6. The third-order valence-corrected chi connectivity index (χ3v) is 3.54. The monoisotopic (exact) mass is 327 g/mol. The van der Waals surface area contributed by atoms with Crippen molar-refractivity contribution < 1.29 is 19.1 Å². The molecule has 0 spiro atoms. The van der Waals surface area contributed by atoms with E-state index in [9.17, 15) is 9.59 Å². The van der Waals surface area contributed by atoms with Crippen molar-refractivity contribution in [1.29, 1.82) is 0 Å². The Morgan fingerprint density at radius 2 is 1.38 bits per heavy atom. The van der Waals surface area contributed by atoms with Gasteiger partial charge >= 0.3 is 11.9 Å². The Morgan fingerprint density at radius 3 is 1.92 bits per heavy atom. The molecular formula is C19H21NO4. The van der Waals surface area contributed by atoms with Crippen LogP contribution in [-0.4, -0.2) is 24.1 Å². The van der Waals surface area contributed by atoms with Gasteiger partial charge in [-0.15, -0.1) is 0 Å². The number of carbonyl (C=O) groups excluding carboxylic acids is 2. The van der Waals surface area contributed by atoms with Gasteiger partial charge < -0.3 is 15.2 Å². The van der Waals surface area contributed by atoms with Crippen LogP contribution in [0, 0.1) is 0 Å². The molecule has 0 unspecified atom stereocenters. The Labute approximate surface area is 141 Å². The van der Waals surface area contributed by atoms with Crippen molar-refractivity contribution in [2.24, 2.45) is 5.73 Å². The van der Waals surface area contributed by atoms with Crippen LogP contribution in [0.15, 0.2) is 60.7 Å². The maximum Gasteiger partial charge on any atom is 0.338 e. The molecule has 5 heteroatoms. The van der Waals surface area contributed by atoms with Crippen molar-refractivity contribution in [1.82, 2.24) is 0 Å². The SMILES string of the molecule is CCOC(=O)[C@@](N)(Cc1ccccc1)C(=O)OCc1ccccc1. The molecule has 0 saturated heterocycles. The summed E-state index contributed by atoms with van der Waals surface area (Å²) in [5, 5.41) is 0. The second-order valence-electron chi connectivity index (χ2n) is 5.42. The number of esters is 2. The lowest BCUT2D eigenvalue weighted by molar-refractivity contribution is -0.165. The molecule has 0 bridgehead atoms. The first-order valence-corrected chi connectivity index (χ1v) is 7.77. The lowest BCUT2D eigenvalue weighted by atomic mass is 9.92. The minimum atomic E-state index is -1.87. The summed E-state index contributed by atoms with van der Waals surface area (Å²) in [7, 11) is 0. The van der Waals surface area contributed by atoms with Gasteiger partial charge in [0.15, 0.2) is 0 Å². The Bertz CT molecular complexity index is 672. The zero-order valence-electron chi connectivity index (χ0n) is 13.6. The summed E-state index contributed by atoms with van der Waals surface area (Å²) in [6, 6.07) is 18.3. The van der Waals surface area contributed by atoms with Crippen LogP contribution in [-0.2, 0) is 32.1 Å². The fourth-order valence-electron chi connectivity index (χ4n) is 2.26. The zero-order valence-corrected chi connectivity index (χ0v) is 13.6. The average Bonchev–Trinajstić information content (AvgIpc) is 2.61. The quantitative estimate of drug-likeness (QED) is 0.623. The van der Waals surface area contributed by atoms with Crippen LogP contribution < -0.4 is 5.73 Å². The van der Waals surface area contributed by atoms with Gasteiger partial charge in [-0.1, -0.05) is 60.7 Å². The first-order valence-electron chi connectivity index (χ1n) is 7.77. The van der Waals surface area contributed by atoms with Gasteiger partial charge in [-0.3, -0.25) is 0 Å². The van der Waals surface area contributed by atoms with E-state index in [4.69, 9.17) is 15.2 Å². The van der Waals surface area contributed by atoms with Crippen molar-refractivity contribution >= 4 is 11.9 Å². The standard InChI is InChI=1S/C19H21NO4/c1-2-23-17(21)19(20,13-15-9-5-3-6-10-15)18(22)24-14-16-11-7-4-8-12-16/h3-12H,2,13-14,20H2,1H3/t19-/m0/s1. The third-order valence-electron chi connectivity index (χ3n) is 3.54. The number of ether oxygens (including phenoxy) is 2. The summed E-state index contributed by atoms with van der Waals surface area (Å²) >= 11 is 0. The van der Waals surface area contributed by atoms with Crippen molar-refractivity contribution in [2.75, 3.05) is 6.61 Å². The third kappa shape index (κ3) is 4.43. The smallest absolute Gasteiger partial charge is 0.338 e. The van der Waals surface area contributed by atoms with E-state index in [0.29, 0.717) is 0 Å². The zero-order chi connectivity index (χ0) is 17.4. The number of hydrogen-bond acceptors (Lipinski definition) is 5. The molecule has 0 fully saturated rings. The van der Waals surface area contributed by atoms with Crippen molar-refractivity contribution in [2.45, 2.75) is 25.5 Å². The lowest BCUT2D eigenvalue weighted by Gasteiger charge is -2.25. The van der Waals surface area contributed by atoms with E-state index in [-0.39, 0.29) is 19.6 Å². The Balaban J connectivity index is 2.15. The molecule has 2 aromatic rings. The molecule has 1 atom stereocenters. The van der Waals surface area contributed by atoms with Gasteiger partial charge in [-0.2, -0.15) is 0 Å². The van der Waals surface area contributed by atoms with Gasteiger partial charge in [0.1, 0.15) is 6.61 Å². The second kappa shape index (κ2) is 8.26. The van der Waals surface area contributed by atoms with Gasteiger partial charge in [0.25, 0.3) is 0 Å². The Kier molecular flexibility index (Phi) is 6.09. The fourth-order valence-corrected chi connectivity index (χ4v) is 2.26. The van der Waals surface area contributed by atoms with E-state index >= 15 is 0 Å². The minimum absolute atomic E-state index is 0.0142. The highest BCUT2D eigenvalue weighted by molar-refractivity contribution is 6.05. The van der Waals surface area contributed by atoms with E-state index in [0.717, 1.165) is 11.1 Å². The lowest BCUT2D eigenvalue weighted by Crippen LogP contribution is -2.58. The summed E-state index contributed by atoms with van der Waals surface area (Å²) in [6.07, 6.45) is 0.0142. The predicted octanol–water partition coefficient (Wildman–Crippen LogP) is 2.23. The number of benzene rings is 2. The van der Waals surface area contributed by atoms with Crippen LogP contribution in [0.3, 0.4) is 0 Å². The topological polar surface area (TPSA) is 78.6 Å². The van der Waals surface area contributed by atoms with Crippen LogP contribution in [0.5, 0.6) is 0 Å². The normalized spacial score (nSPS) is 12.9. The van der Waals surface area contributed by atoms with E-state index in [1.54, 1.807) is 19.1 Å². The summed E-state index contributed by atoms with van der Waals surface area (Å²) in [5.41, 5.74) is 5.82. The number of carbonyl (C=O) groups is 2. The molecule has 24 heavy (non-hydrogen) atoms. The van der Waals surface area contributed by atoms with Crippen molar-refractivity contribution in [3.63, 3.8) is 0 Å². The first kappa shape index (κ1) is 17.7. The molecule has 2 N–H and O–H groups in total. The minimum Gasteiger partial charge on any atom is -0.464 e. The van der Waals surface area contributed by atoms with E-state index in [1.165, 1.54) is 0 Å². The molecule has 2 aromatic carbocycles. The molecule has 0 aliphatic carbocycles. The molecule has 0 saturated carbocycles. The average molecular weight is 327 g/mol.